The summed E-state index contributed by atoms with van der Waals surface area (Å²) in [6.07, 6.45) is 1.88. The average Bonchev–Trinajstić information content (AvgIpc) is 3.40. The number of benzene rings is 2. The summed E-state index contributed by atoms with van der Waals surface area (Å²) in [5.41, 5.74) is 2.71. The minimum Gasteiger partial charge on any atom is -0.315 e. The van der Waals surface area contributed by atoms with Gasteiger partial charge in [-0.15, -0.1) is 11.8 Å². The number of hydrogen-bond donors (Lipinski definition) is 0. The number of amides is 2. The maximum atomic E-state index is 13.7. The molecule has 138 valence electrons. The Bertz CT molecular complexity index is 945. The van der Waals surface area contributed by atoms with Gasteiger partial charge in [-0.3, -0.25) is 9.59 Å². The minimum atomic E-state index is -0.919. The third kappa shape index (κ3) is 2.52. The van der Waals surface area contributed by atoms with E-state index >= 15 is 0 Å². The number of para-hydroxylation sites is 1. The van der Waals surface area contributed by atoms with Crippen molar-refractivity contribution in [1.82, 2.24) is 4.90 Å². The van der Waals surface area contributed by atoms with Crippen LogP contribution < -0.4 is 4.90 Å². The van der Waals surface area contributed by atoms with Crippen molar-refractivity contribution in [3.8, 4) is 0 Å². The Morgan fingerprint density at radius 2 is 1.89 bits per heavy atom. The molecule has 6 heteroatoms. The zero-order valence-corrected chi connectivity index (χ0v) is 16.3. The molecule has 2 aliphatic heterocycles. The highest BCUT2D eigenvalue weighted by molar-refractivity contribution is 8.01. The van der Waals surface area contributed by atoms with E-state index in [0.717, 1.165) is 35.4 Å². The Morgan fingerprint density at radius 1 is 1.15 bits per heavy atom. The zero-order valence-electron chi connectivity index (χ0n) is 14.7. The van der Waals surface area contributed by atoms with Gasteiger partial charge in [0, 0.05) is 28.8 Å². The molecule has 0 N–H and O–H groups in total. The standard InChI is InChI=1S/C21H19ClN2O2S/c22-17-7-3-1-5-15(17)13-23-18-8-4-2-6-16(18)21(20(23)26)24(11-12-27-21)19(25)14-9-10-14/h1-8,14H,9-13H2/t21-/m1/s1. The zero-order chi connectivity index (χ0) is 18.6. The van der Waals surface area contributed by atoms with E-state index < -0.39 is 4.87 Å². The first-order chi connectivity index (χ1) is 13.1. The number of fused-ring (bicyclic) bond motifs is 2. The van der Waals surface area contributed by atoms with Gasteiger partial charge in [0.15, 0.2) is 4.87 Å². The van der Waals surface area contributed by atoms with Crippen molar-refractivity contribution in [2.75, 3.05) is 17.2 Å². The maximum Gasteiger partial charge on any atom is 0.268 e. The first-order valence-electron chi connectivity index (χ1n) is 9.23. The van der Waals surface area contributed by atoms with Crippen molar-refractivity contribution >= 4 is 40.9 Å². The van der Waals surface area contributed by atoms with Crippen LogP contribution in [0.25, 0.3) is 0 Å². The Morgan fingerprint density at radius 3 is 2.67 bits per heavy atom. The fraction of sp³-hybridized carbons (Fsp3) is 0.333. The molecule has 2 amide bonds. The predicted octanol–water partition coefficient (Wildman–Crippen LogP) is 4.03. The summed E-state index contributed by atoms with van der Waals surface area (Å²) >= 11 is 7.93. The van der Waals surface area contributed by atoms with E-state index in [-0.39, 0.29) is 17.7 Å². The number of carbonyl (C=O) groups excluding carboxylic acids is 2. The highest BCUT2D eigenvalue weighted by Crippen LogP contribution is 2.55. The molecule has 2 fully saturated rings. The van der Waals surface area contributed by atoms with Gasteiger partial charge in [-0.2, -0.15) is 0 Å². The molecule has 1 saturated carbocycles. The Balaban J connectivity index is 1.59. The second-order valence-electron chi connectivity index (χ2n) is 7.26. The van der Waals surface area contributed by atoms with E-state index in [1.54, 1.807) is 16.7 Å². The van der Waals surface area contributed by atoms with Crippen molar-refractivity contribution in [2.45, 2.75) is 24.3 Å². The van der Waals surface area contributed by atoms with Crippen LogP contribution in [0.5, 0.6) is 0 Å². The highest BCUT2D eigenvalue weighted by Gasteiger charge is 2.60. The molecule has 1 saturated heterocycles. The van der Waals surface area contributed by atoms with Crippen molar-refractivity contribution in [2.24, 2.45) is 5.92 Å². The number of anilines is 1. The van der Waals surface area contributed by atoms with Crippen LogP contribution in [0.4, 0.5) is 5.69 Å². The van der Waals surface area contributed by atoms with E-state index in [1.807, 2.05) is 53.4 Å². The number of rotatable bonds is 3. The number of hydrogen-bond acceptors (Lipinski definition) is 3. The van der Waals surface area contributed by atoms with Crippen LogP contribution in [0.1, 0.15) is 24.0 Å². The second-order valence-corrected chi connectivity index (χ2v) is 8.95. The van der Waals surface area contributed by atoms with E-state index in [2.05, 4.69) is 0 Å². The molecule has 1 aliphatic carbocycles. The summed E-state index contributed by atoms with van der Waals surface area (Å²) in [4.78, 5) is 29.4. The lowest BCUT2D eigenvalue weighted by Crippen LogP contribution is -2.50. The van der Waals surface area contributed by atoms with E-state index in [9.17, 15) is 9.59 Å². The monoisotopic (exact) mass is 398 g/mol. The molecule has 0 radical (unpaired) electrons. The Labute approximate surface area is 167 Å². The van der Waals surface area contributed by atoms with Gasteiger partial charge in [0.2, 0.25) is 5.91 Å². The topological polar surface area (TPSA) is 40.6 Å². The summed E-state index contributed by atoms with van der Waals surface area (Å²) in [6, 6.07) is 15.4. The highest BCUT2D eigenvalue weighted by atomic mass is 35.5. The molecule has 0 bridgehead atoms. The molecular formula is C21H19ClN2O2S. The normalized spacial score (nSPS) is 24.0. The SMILES string of the molecule is O=C(C1CC1)N1CCS[C@]12C(=O)N(Cc1ccccc1Cl)c1ccccc12. The molecular weight excluding hydrogens is 380 g/mol. The maximum absolute atomic E-state index is 13.7. The lowest BCUT2D eigenvalue weighted by atomic mass is 10.1. The fourth-order valence-corrected chi connectivity index (χ4v) is 5.76. The van der Waals surface area contributed by atoms with Crippen LogP contribution in [0.15, 0.2) is 48.5 Å². The second kappa shape index (κ2) is 6.28. The van der Waals surface area contributed by atoms with Gasteiger partial charge in [-0.1, -0.05) is 48.0 Å². The van der Waals surface area contributed by atoms with E-state index in [1.165, 1.54) is 0 Å². The van der Waals surface area contributed by atoms with Crippen LogP contribution in [0, 0.1) is 5.92 Å². The van der Waals surface area contributed by atoms with Gasteiger partial charge < -0.3 is 9.80 Å². The number of halogens is 1. The molecule has 3 aliphatic rings. The smallest absolute Gasteiger partial charge is 0.268 e. The third-order valence-corrected chi connectivity index (χ3v) is 7.37. The fourth-order valence-electron chi connectivity index (χ4n) is 4.09. The molecule has 2 aromatic rings. The Kier molecular flexibility index (Phi) is 3.99. The van der Waals surface area contributed by atoms with Crippen LogP contribution in [0.3, 0.4) is 0 Å². The summed E-state index contributed by atoms with van der Waals surface area (Å²) in [5, 5.41) is 0.647. The van der Waals surface area contributed by atoms with Crippen molar-refractivity contribution < 1.29 is 9.59 Å². The van der Waals surface area contributed by atoms with Gasteiger partial charge in [0.25, 0.3) is 5.91 Å². The number of thioether (sulfide) groups is 1. The van der Waals surface area contributed by atoms with Crippen LogP contribution in [0.2, 0.25) is 5.02 Å². The molecule has 0 unspecified atom stereocenters. The largest absolute Gasteiger partial charge is 0.315 e. The summed E-state index contributed by atoms with van der Waals surface area (Å²) in [5.74, 6) is 0.972. The molecule has 1 spiro atoms. The summed E-state index contributed by atoms with van der Waals surface area (Å²) in [6.45, 7) is 1.03. The first kappa shape index (κ1) is 17.1. The van der Waals surface area contributed by atoms with Crippen LogP contribution >= 0.6 is 23.4 Å². The first-order valence-corrected chi connectivity index (χ1v) is 10.6. The van der Waals surface area contributed by atoms with Crippen molar-refractivity contribution in [3.63, 3.8) is 0 Å². The molecule has 1 atom stereocenters. The molecule has 27 heavy (non-hydrogen) atoms. The predicted molar refractivity (Wildman–Crippen MR) is 108 cm³/mol. The van der Waals surface area contributed by atoms with Crippen LogP contribution in [-0.4, -0.2) is 29.0 Å². The molecule has 0 aromatic heterocycles. The molecule has 4 nitrogen and oxygen atoms in total. The van der Waals surface area contributed by atoms with E-state index in [4.69, 9.17) is 11.6 Å². The molecule has 2 aromatic carbocycles. The van der Waals surface area contributed by atoms with Gasteiger partial charge in [-0.25, -0.2) is 0 Å². The molecule has 2 heterocycles. The Hall–Kier alpha value is -1.98. The summed E-state index contributed by atoms with van der Waals surface area (Å²) < 4.78 is 0. The lowest BCUT2D eigenvalue weighted by molar-refractivity contribution is -0.141. The lowest BCUT2D eigenvalue weighted by Gasteiger charge is -2.33. The summed E-state index contributed by atoms with van der Waals surface area (Å²) in [7, 11) is 0. The van der Waals surface area contributed by atoms with E-state index in [0.29, 0.717) is 18.1 Å². The quantitative estimate of drug-likeness (QED) is 0.783. The minimum absolute atomic E-state index is 0.0277. The van der Waals surface area contributed by atoms with Crippen LogP contribution in [-0.2, 0) is 21.0 Å². The average molecular weight is 399 g/mol. The molecule has 5 rings (SSSR count). The van der Waals surface area contributed by atoms with Gasteiger partial charge >= 0.3 is 0 Å². The van der Waals surface area contributed by atoms with Crippen molar-refractivity contribution in [3.05, 3.63) is 64.7 Å². The third-order valence-electron chi connectivity index (χ3n) is 5.58. The van der Waals surface area contributed by atoms with Gasteiger partial charge in [0.1, 0.15) is 0 Å². The van der Waals surface area contributed by atoms with Gasteiger partial charge in [-0.05, 0) is 30.5 Å². The number of nitrogens with zero attached hydrogens (tertiary/aromatic N) is 2. The van der Waals surface area contributed by atoms with Gasteiger partial charge in [0.05, 0.1) is 12.2 Å². The van der Waals surface area contributed by atoms with Crippen molar-refractivity contribution in [1.29, 1.82) is 0 Å². The number of carbonyl (C=O) groups is 2.